The highest BCUT2D eigenvalue weighted by Gasteiger charge is 2.21. The van der Waals surface area contributed by atoms with Gasteiger partial charge >= 0.3 is 6.09 Å². The molecule has 1 aromatic carbocycles. The second-order valence-electron chi connectivity index (χ2n) is 5.87. The van der Waals surface area contributed by atoms with Crippen molar-refractivity contribution in [2.24, 2.45) is 0 Å². The van der Waals surface area contributed by atoms with Crippen LogP contribution in [-0.2, 0) is 13.1 Å². The van der Waals surface area contributed by atoms with Crippen molar-refractivity contribution in [1.29, 1.82) is 5.26 Å². The monoisotopic (exact) mass is 325 g/mol. The van der Waals surface area contributed by atoms with E-state index in [0.29, 0.717) is 25.2 Å². The van der Waals surface area contributed by atoms with E-state index < -0.39 is 6.09 Å². The fraction of sp³-hybridized carbons (Fsp3) is 0.353. The maximum Gasteiger partial charge on any atom is 0.407 e. The van der Waals surface area contributed by atoms with E-state index in [4.69, 9.17) is 10.4 Å². The number of nitrogens with zero attached hydrogens (tertiary/aromatic N) is 5. The number of hydrogen-bond acceptors (Lipinski definition) is 4. The van der Waals surface area contributed by atoms with Crippen LogP contribution in [0.4, 0.5) is 4.79 Å². The Morgan fingerprint density at radius 1 is 1.17 bits per heavy atom. The molecule has 0 atom stereocenters. The largest absolute Gasteiger partial charge is 0.465 e. The van der Waals surface area contributed by atoms with Crippen molar-refractivity contribution in [3.05, 3.63) is 53.6 Å². The third-order valence-electron chi connectivity index (χ3n) is 4.26. The molecule has 124 valence electrons. The van der Waals surface area contributed by atoms with Gasteiger partial charge in [0.1, 0.15) is 0 Å². The average Bonchev–Trinajstić information content (AvgIpc) is 3.03. The standard InChI is InChI=1S/C17H19N5O2/c18-9-14-1-3-15(4-2-14)11-22-13-19-10-16(22)12-20-5-7-21(8-6-20)17(23)24/h1-4,10,13H,5-8,11-12H2,(H,23,24). The smallest absolute Gasteiger partial charge is 0.407 e. The van der Waals surface area contributed by atoms with Gasteiger partial charge in [0, 0.05) is 45.5 Å². The van der Waals surface area contributed by atoms with E-state index in [9.17, 15) is 4.79 Å². The summed E-state index contributed by atoms with van der Waals surface area (Å²) in [6.45, 7) is 4.00. The van der Waals surface area contributed by atoms with Crippen molar-refractivity contribution in [2.75, 3.05) is 26.2 Å². The summed E-state index contributed by atoms with van der Waals surface area (Å²) in [5.74, 6) is 0. The van der Waals surface area contributed by atoms with Gasteiger partial charge in [-0.1, -0.05) is 12.1 Å². The van der Waals surface area contributed by atoms with Gasteiger partial charge in [-0.25, -0.2) is 9.78 Å². The number of amides is 1. The zero-order valence-corrected chi connectivity index (χ0v) is 13.3. The van der Waals surface area contributed by atoms with Crippen molar-refractivity contribution in [2.45, 2.75) is 13.1 Å². The molecule has 1 fully saturated rings. The van der Waals surface area contributed by atoms with Crippen LogP contribution in [0.2, 0.25) is 0 Å². The molecule has 0 aliphatic carbocycles. The number of carboxylic acid groups (broad SMARTS) is 1. The molecule has 7 nitrogen and oxygen atoms in total. The van der Waals surface area contributed by atoms with E-state index in [1.165, 1.54) is 4.90 Å². The lowest BCUT2D eigenvalue weighted by atomic mass is 10.1. The number of rotatable bonds is 4. The molecule has 0 bridgehead atoms. The fourth-order valence-electron chi connectivity index (χ4n) is 2.83. The van der Waals surface area contributed by atoms with Crippen LogP contribution in [0.3, 0.4) is 0 Å². The normalized spacial score (nSPS) is 15.2. The van der Waals surface area contributed by atoms with E-state index in [-0.39, 0.29) is 0 Å². The highest BCUT2D eigenvalue weighted by Crippen LogP contribution is 2.12. The minimum Gasteiger partial charge on any atom is -0.465 e. The predicted octanol–water partition coefficient (Wildman–Crippen LogP) is 1.60. The highest BCUT2D eigenvalue weighted by molar-refractivity contribution is 5.65. The SMILES string of the molecule is N#Cc1ccc(Cn2cncc2CN2CCN(C(=O)O)CC2)cc1. The molecule has 1 amide bonds. The van der Waals surface area contributed by atoms with E-state index in [1.807, 2.05) is 30.5 Å². The molecule has 1 saturated heterocycles. The van der Waals surface area contributed by atoms with Crippen molar-refractivity contribution in [3.8, 4) is 6.07 Å². The van der Waals surface area contributed by atoms with Crippen molar-refractivity contribution < 1.29 is 9.90 Å². The number of hydrogen-bond donors (Lipinski definition) is 1. The van der Waals surface area contributed by atoms with E-state index >= 15 is 0 Å². The lowest BCUT2D eigenvalue weighted by Crippen LogP contribution is -2.47. The molecular formula is C17H19N5O2. The number of benzene rings is 1. The zero-order valence-electron chi connectivity index (χ0n) is 13.3. The quantitative estimate of drug-likeness (QED) is 0.923. The fourth-order valence-corrected chi connectivity index (χ4v) is 2.83. The van der Waals surface area contributed by atoms with Gasteiger partial charge < -0.3 is 14.6 Å². The molecule has 0 radical (unpaired) electrons. The Balaban J connectivity index is 1.61. The summed E-state index contributed by atoms with van der Waals surface area (Å²) in [4.78, 5) is 18.9. The van der Waals surface area contributed by atoms with Crippen LogP contribution in [-0.4, -0.2) is 56.7 Å². The van der Waals surface area contributed by atoms with Gasteiger partial charge in [0.2, 0.25) is 0 Å². The summed E-state index contributed by atoms with van der Waals surface area (Å²) in [7, 11) is 0. The molecule has 1 aliphatic heterocycles. The molecule has 7 heteroatoms. The van der Waals surface area contributed by atoms with Crippen LogP contribution in [0.5, 0.6) is 0 Å². The summed E-state index contributed by atoms with van der Waals surface area (Å²) < 4.78 is 2.09. The topological polar surface area (TPSA) is 85.4 Å². The maximum atomic E-state index is 11.0. The lowest BCUT2D eigenvalue weighted by Gasteiger charge is -2.33. The zero-order chi connectivity index (χ0) is 16.9. The molecule has 2 aromatic rings. The van der Waals surface area contributed by atoms with Gasteiger partial charge in [-0.2, -0.15) is 5.26 Å². The van der Waals surface area contributed by atoms with Gasteiger partial charge in [0.25, 0.3) is 0 Å². The van der Waals surface area contributed by atoms with Crippen LogP contribution in [0, 0.1) is 11.3 Å². The maximum absolute atomic E-state index is 11.0. The van der Waals surface area contributed by atoms with Gasteiger partial charge in [-0.3, -0.25) is 4.90 Å². The number of nitriles is 1. The predicted molar refractivity (Wildman–Crippen MR) is 87.4 cm³/mol. The van der Waals surface area contributed by atoms with Gasteiger partial charge in [0.05, 0.1) is 23.7 Å². The average molecular weight is 325 g/mol. The van der Waals surface area contributed by atoms with Crippen molar-refractivity contribution in [3.63, 3.8) is 0 Å². The molecule has 2 heterocycles. The minimum absolute atomic E-state index is 0.541. The molecule has 0 saturated carbocycles. The van der Waals surface area contributed by atoms with Gasteiger partial charge in [-0.15, -0.1) is 0 Å². The molecule has 0 spiro atoms. The molecule has 1 N–H and O–H groups in total. The Bertz CT molecular complexity index is 739. The summed E-state index contributed by atoms with van der Waals surface area (Å²) >= 11 is 0. The summed E-state index contributed by atoms with van der Waals surface area (Å²) in [5.41, 5.74) is 2.87. The summed E-state index contributed by atoms with van der Waals surface area (Å²) in [6.07, 6.45) is 2.81. The summed E-state index contributed by atoms with van der Waals surface area (Å²) in [5, 5.41) is 17.9. The number of piperazine rings is 1. The second-order valence-corrected chi connectivity index (χ2v) is 5.87. The first-order valence-corrected chi connectivity index (χ1v) is 7.84. The Morgan fingerprint density at radius 3 is 2.50 bits per heavy atom. The molecular weight excluding hydrogens is 306 g/mol. The van der Waals surface area contributed by atoms with Crippen LogP contribution < -0.4 is 0 Å². The van der Waals surface area contributed by atoms with Gasteiger partial charge in [0.15, 0.2) is 0 Å². The Labute approximate surface area is 140 Å². The van der Waals surface area contributed by atoms with Crippen LogP contribution in [0.15, 0.2) is 36.8 Å². The second kappa shape index (κ2) is 7.15. The first kappa shape index (κ1) is 16.0. The third-order valence-corrected chi connectivity index (χ3v) is 4.26. The van der Waals surface area contributed by atoms with Crippen LogP contribution in [0.1, 0.15) is 16.8 Å². The van der Waals surface area contributed by atoms with E-state index in [1.54, 1.807) is 6.33 Å². The van der Waals surface area contributed by atoms with Crippen molar-refractivity contribution in [1.82, 2.24) is 19.4 Å². The Morgan fingerprint density at radius 2 is 1.88 bits per heavy atom. The van der Waals surface area contributed by atoms with Crippen molar-refractivity contribution >= 4 is 6.09 Å². The minimum atomic E-state index is -0.847. The third kappa shape index (κ3) is 3.73. The number of imidazole rings is 1. The Hall–Kier alpha value is -2.85. The Kier molecular flexibility index (Phi) is 4.77. The highest BCUT2D eigenvalue weighted by atomic mass is 16.4. The first-order valence-electron chi connectivity index (χ1n) is 7.84. The first-order chi connectivity index (χ1) is 11.7. The lowest BCUT2D eigenvalue weighted by molar-refractivity contribution is 0.102. The summed E-state index contributed by atoms with van der Waals surface area (Å²) in [6, 6.07) is 9.66. The van der Waals surface area contributed by atoms with E-state index in [0.717, 1.165) is 30.9 Å². The molecule has 3 rings (SSSR count). The van der Waals surface area contributed by atoms with Crippen LogP contribution >= 0.6 is 0 Å². The molecule has 1 aliphatic rings. The molecule has 1 aromatic heterocycles. The molecule has 0 unspecified atom stereocenters. The van der Waals surface area contributed by atoms with Gasteiger partial charge in [-0.05, 0) is 17.7 Å². The molecule has 24 heavy (non-hydrogen) atoms. The van der Waals surface area contributed by atoms with E-state index in [2.05, 4.69) is 20.5 Å². The number of carbonyl (C=O) groups is 1. The number of aromatic nitrogens is 2. The van der Waals surface area contributed by atoms with Crippen LogP contribution in [0.25, 0.3) is 0 Å².